The molecule has 4 nitrogen and oxygen atoms in total. The molecule has 0 saturated heterocycles. The molecule has 0 fully saturated rings. The van der Waals surface area contributed by atoms with Crippen molar-refractivity contribution in [2.75, 3.05) is 11.1 Å². The Kier molecular flexibility index (Phi) is 4.14. The van der Waals surface area contributed by atoms with E-state index in [4.69, 9.17) is 11.0 Å². The number of nitrogens with zero attached hydrogens (tertiary/aromatic N) is 1. The molecular formula is C15H11F2N3O. The first kappa shape index (κ1) is 14.5. The van der Waals surface area contributed by atoms with Crippen LogP contribution in [0.15, 0.2) is 36.4 Å². The summed E-state index contributed by atoms with van der Waals surface area (Å²) >= 11 is 0. The van der Waals surface area contributed by atoms with Gasteiger partial charge in [0, 0.05) is 5.56 Å². The highest BCUT2D eigenvalue weighted by Crippen LogP contribution is 2.20. The summed E-state index contributed by atoms with van der Waals surface area (Å²) in [5.41, 5.74) is 6.23. The lowest BCUT2D eigenvalue weighted by Gasteiger charge is -2.09. The van der Waals surface area contributed by atoms with Gasteiger partial charge in [-0.15, -0.1) is 0 Å². The average molecular weight is 287 g/mol. The molecule has 1 amide bonds. The first-order valence-electron chi connectivity index (χ1n) is 6.03. The van der Waals surface area contributed by atoms with Gasteiger partial charge in [-0.1, -0.05) is 6.07 Å². The molecule has 0 aliphatic carbocycles. The molecule has 0 bridgehead atoms. The fourth-order valence-electron chi connectivity index (χ4n) is 1.80. The van der Waals surface area contributed by atoms with Crippen LogP contribution in [0.25, 0.3) is 0 Å². The second kappa shape index (κ2) is 6.01. The molecule has 3 N–H and O–H groups in total. The molecule has 0 aromatic heterocycles. The van der Waals surface area contributed by atoms with E-state index in [0.717, 1.165) is 12.1 Å². The van der Waals surface area contributed by atoms with Crippen LogP contribution in [-0.4, -0.2) is 5.91 Å². The monoisotopic (exact) mass is 287 g/mol. The molecule has 0 radical (unpaired) electrons. The van der Waals surface area contributed by atoms with Gasteiger partial charge in [-0.05, 0) is 30.3 Å². The normalized spacial score (nSPS) is 9.95. The summed E-state index contributed by atoms with van der Waals surface area (Å²) in [4.78, 5) is 11.8. The minimum atomic E-state index is -0.780. The van der Waals surface area contributed by atoms with Crippen LogP contribution in [0.4, 0.5) is 20.2 Å². The fourth-order valence-corrected chi connectivity index (χ4v) is 1.80. The molecule has 0 aliphatic rings. The number of nitrogens with one attached hydrogen (secondary N) is 1. The summed E-state index contributed by atoms with van der Waals surface area (Å²) in [6.07, 6.45) is -0.446. The molecule has 0 heterocycles. The Hall–Kier alpha value is -2.94. The highest BCUT2D eigenvalue weighted by atomic mass is 19.1. The van der Waals surface area contributed by atoms with Crippen molar-refractivity contribution in [3.05, 3.63) is 59.2 Å². The highest BCUT2D eigenvalue weighted by molar-refractivity contribution is 5.95. The van der Waals surface area contributed by atoms with Crippen molar-refractivity contribution in [2.24, 2.45) is 0 Å². The van der Waals surface area contributed by atoms with Crippen molar-refractivity contribution < 1.29 is 13.6 Å². The van der Waals surface area contributed by atoms with Crippen LogP contribution in [0.3, 0.4) is 0 Å². The number of hydrogen-bond acceptors (Lipinski definition) is 3. The van der Waals surface area contributed by atoms with Crippen molar-refractivity contribution in [1.82, 2.24) is 0 Å². The third-order valence-electron chi connectivity index (χ3n) is 2.85. The first-order valence-corrected chi connectivity index (χ1v) is 6.03. The number of hydrogen-bond donors (Lipinski definition) is 2. The lowest BCUT2D eigenvalue weighted by atomic mass is 10.1. The maximum atomic E-state index is 13.4. The predicted octanol–water partition coefficient (Wildman–Crippen LogP) is 2.60. The van der Waals surface area contributed by atoms with Crippen LogP contribution in [-0.2, 0) is 11.2 Å². The first-order chi connectivity index (χ1) is 10.0. The number of carbonyl (C=O) groups excluding carboxylic acids is 1. The van der Waals surface area contributed by atoms with Gasteiger partial charge in [-0.3, -0.25) is 4.79 Å². The molecule has 0 aliphatic heterocycles. The zero-order valence-corrected chi connectivity index (χ0v) is 10.9. The third-order valence-corrected chi connectivity index (χ3v) is 2.85. The summed E-state index contributed by atoms with van der Waals surface area (Å²) in [6.45, 7) is 0. The number of benzene rings is 2. The van der Waals surface area contributed by atoms with E-state index in [1.807, 2.05) is 6.07 Å². The Bertz CT molecular complexity index is 718. The Labute approximate surface area is 119 Å². The minimum Gasteiger partial charge on any atom is -0.397 e. The van der Waals surface area contributed by atoms with Crippen molar-refractivity contribution in [3.63, 3.8) is 0 Å². The van der Waals surface area contributed by atoms with Crippen molar-refractivity contribution >= 4 is 17.3 Å². The Morgan fingerprint density at radius 3 is 2.48 bits per heavy atom. The number of amides is 1. The van der Waals surface area contributed by atoms with Gasteiger partial charge in [0.1, 0.15) is 11.6 Å². The summed E-state index contributed by atoms with van der Waals surface area (Å²) < 4.78 is 26.9. The largest absolute Gasteiger partial charge is 0.397 e. The van der Waals surface area contributed by atoms with Gasteiger partial charge < -0.3 is 11.1 Å². The zero-order chi connectivity index (χ0) is 15.4. The summed E-state index contributed by atoms with van der Waals surface area (Å²) in [6, 6.07) is 9.65. The molecule has 2 aromatic rings. The summed E-state index contributed by atoms with van der Waals surface area (Å²) in [5.74, 6) is -2.16. The van der Waals surface area contributed by atoms with Gasteiger partial charge in [0.15, 0.2) is 0 Å². The highest BCUT2D eigenvalue weighted by Gasteiger charge is 2.14. The maximum Gasteiger partial charge on any atom is 0.229 e. The van der Waals surface area contributed by atoms with Gasteiger partial charge in [0.25, 0.3) is 0 Å². The second-order valence-electron chi connectivity index (χ2n) is 4.34. The summed E-state index contributed by atoms with van der Waals surface area (Å²) in [5, 5.41) is 11.2. The van der Waals surface area contributed by atoms with Crippen molar-refractivity contribution in [3.8, 4) is 6.07 Å². The van der Waals surface area contributed by atoms with E-state index >= 15 is 0 Å². The van der Waals surface area contributed by atoms with Crippen LogP contribution in [0.1, 0.15) is 11.1 Å². The van der Waals surface area contributed by atoms with E-state index < -0.39 is 24.0 Å². The quantitative estimate of drug-likeness (QED) is 0.852. The molecule has 2 rings (SSSR count). The van der Waals surface area contributed by atoms with Gasteiger partial charge in [-0.2, -0.15) is 5.26 Å². The predicted molar refractivity (Wildman–Crippen MR) is 74.3 cm³/mol. The molecule has 106 valence electrons. The topological polar surface area (TPSA) is 78.9 Å². The van der Waals surface area contributed by atoms with E-state index in [1.165, 1.54) is 24.3 Å². The number of rotatable bonds is 3. The molecule has 0 unspecified atom stereocenters. The Morgan fingerprint density at radius 2 is 1.90 bits per heavy atom. The SMILES string of the molecule is N#Cc1ccc(NC(=O)Cc2c(F)cccc2F)c(N)c1. The van der Waals surface area contributed by atoms with E-state index in [1.54, 1.807) is 0 Å². The molecule has 0 spiro atoms. The van der Waals surface area contributed by atoms with Gasteiger partial charge >= 0.3 is 0 Å². The van der Waals surface area contributed by atoms with Crippen molar-refractivity contribution in [2.45, 2.75) is 6.42 Å². The minimum absolute atomic E-state index is 0.205. The lowest BCUT2D eigenvalue weighted by Crippen LogP contribution is -2.17. The maximum absolute atomic E-state index is 13.4. The van der Waals surface area contributed by atoms with E-state index in [9.17, 15) is 13.6 Å². The number of nitrogens with two attached hydrogens (primary N) is 1. The van der Waals surface area contributed by atoms with Crippen LogP contribution in [0.2, 0.25) is 0 Å². The fraction of sp³-hybridized carbons (Fsp3) is 0.0667. The van der Waals surface area contributed by atoms with Crippen LogP contribution < -0.4 is 11.1 Å². The number of halogens is 2. The number of nitrogen functional groups attached to an aromatic ring is 1. The average Bonchev–Trinajstić information content (AvgIpc) is 2.45. The molecule has 0 atom stereocenters. The molecule has 6 heteroatoms. The zero-order valence-electron chi connectivity index (χ0n) is 10.9. The summed E-state index contributed by atoms with van der Waals surface area (Å²) in [7, 11) is 0. The number of anilines is 2. The molecule has 0 saturated carbocycles. The van der Waals surface area contributed by atoms with Crippen LogP contribution >= 0.6 is 0 Å². The van der Waals surface area contributed by atoms with Crippen LogP contribution in [0.5, 0.6) is 0 Å². The van der Waals surface area contributed by atoms with Gasteiger partial charge in [-0.25, -0.2) is 8.78 Å². The number of carbonyl (C=O) groups is 1. The van der Waals surface area contributed by atoms with E-state index in [-0.39, 0.29) is 16.9 Å². The Balaban J connectivity index is 2.14. The van der Waals surface area contributed by atoms with Crippen molar-refractivity contribution in [1.29, 1.82) is 5.26 Å². The molecular weight excluding hydrogens is 276 g/mol. The lowest BCUT2D eigenvalue weighted by molar-refractivity contribution is -0.115. The molecule has 21 heavy (non-hydrogen) atoms. The van der Waals surface area contributed by atoms with E-state index in [2.05, 4.69) is 5.32 Å². The van der Waals surface area contributed by atoms with E-state index in [0.29, 0.717) is 5.56 Å². The Morgan fingerprint density at radius 1 is 1.24 bits per heavy atom. The smallest absolute Gasteiger partial charge is 0.229 e. The van der Waals surface area contributed by atoms with Crippen LogP contribution in [0, 0.1) is 23.0 Å². The third kappa shape index (κ3) is 3.34. The number of nitriles is 1. The van der Waals surface area contributed by atoms with Gasteiger partial charge in [0.2, 0.25) is 5.91 Å². The van der Waals surface area contributed by atoms with Gasteiger partial charge in [0.05, 0.1) is 29.4 Å². The standard InChI is InChI=1S/C15H11F2N3O/c16-11-2-1-3-12(17)10(11)7-15(21)20-14-5-4-9(8-18)6-13(14)19/h1-6H,7,19H2,(H,20,21). The molecule has 2 aromatic carbocycles. The second-order valence-corrected chi connectivity index (χ2v) is 4.34.